The predicted molar refractivity (Wildman–Crippen MR) is 169 cm³/mol. The molecule has 2 nitrogen and oxygen atoms in total. The summed E-state index contributed by atoms with van der Waals surface area (Å²) in [5.74, 6) is 0. The number of aryl methyl sites for hydroxylation is 3. The molecule has 3 aromatic carbocycles. The topological polar surface area (TPSA) is 8.29 Å². The van der Waals surface area contributed by atoms with E-state index in [4.69, 9.17) is 0 Å². The van der Waals surface area contributed by atoms with Gasteiger partial charge in [-0.25, -0.2) is 4.57 Å². The average molecular weight is 520 g/mol. The van der Waals surface area contributed by atoms with Crippen LogP contribution in [-0.4, -0.2) is 12.5 Å². The summed E-state index contributed by atoms with van der Waals surface area (Å²) in [5.41, 5.74) is 9.96. The molecule has 196 valence electrons. The maximum Gasteiger partial charge on any atom is 0.224 e. The van der Waals surface area contributed by atoms with Crippen LogP contribution >= 0.6 is 0 Å². The highest BCUT2D eigenvalue weighted by Gasteiger charge is 2.32. The van der Waals surface area contributed by atoms with E-state index in [-0.39, 0.29) is 5.41 Å². The van der Waals surface area contributed by atoms with Gasteiger partial charge >= 0.3 is 0 Å². The second kappa shape index (κ2) is 8.54. The Kier molecular flexibility index (Phi) is 5.70. The first-order chi connectivity index (χ1) is 18.0. The van der Waals surface area contributed by atoms with Gasteiger partial charge in [-0.15, -0.1) is 0 Å². The zero-order valence-electron chi connectivity index (χ0n) is 24.8. The van der Waals surface area contributed by atoms with Crippen LogP contribution in [0.1, 0.15) is 58.2 Å². The number of rotatable bonds is 5. The molecule has 0 bridgehead atoms. The maximum atomic E-state index is 2.65. The van der Waals surface area contributed by atoms with E-state index in [1.165, 1.54) is 83.8 Å². The quantitative estimate of drug-likeness (QED) is 0.0931. The normalized spacial score (nSPS) is 13.3. The van der Waals surface area contributed by atoms with Crippen molar-refractivity contribution in [3.05, 3.63) is 65.4 Å². The average Bonchev–Trinajstić information content (AvgIpc) is 3.19. The number of fused-ring (bicyclic) bond motifs is 5. The summed E-state index contributed by atoms with van der Waals surface area (Å²) in [6.07, 6.45) is 3.36. The van der Waals surface area contributed by atoms with Crippen molar-refractivity contribution in [1.82, 2.24) is 4.40 Å². The first-order valence-corrected chi connectivity index (χ1v) is 17.2. The lowest BCUT2D eigenvalue weighted by Crippen LogP contribution is -2.45. The number of hydrogen-bond acceptors (Lipinski definition) is 0. The summed E-state index contributed by atoms with van der Waals surface area (Å²) in [5, 5.41) is 8.60. The summed E-state index contributed by atoms with van der Waals surface area (Å²) in [4.78, 5) is 0. The minimum Gasteiger partial charge on any atom is -0.307 e. The standard InChI is InChI=1S/C35H43N2Si/c1-10-38(11-2,12-3)26-19-25-15-16-36(9)34-31-23(5)22(4)17-28-27-14-13-24(21-35(6,7)8)18-29(27)37(33(28)31)30(20-26)32(25)34/h13-20H,10-12,21H2,1-9H3/q+1. The van der Waals surface area contributed by atoms with Gasteiger partial charge in [0.2, 0.25) is 5.52 Å². The fourth-order valence-corrected chi connectivity index (χ4v) is 11.0. The van der Waals surface area contributed by atoms with E-state index in [0.717, 1.165) is 6.42 Å². The highest BCUT2D eigenvalue weighted by molar-refractivity contribution is 6.92. The van der Waals surface area contributed by atoms with Gasteiger partial charge in [0.05, 0.1) is 35.4 Å². The molecule has 3 heteroatoms. The van der Waals surface area contributed by atoms with E-state index in [2.05, 4.69) is 120 Å². The van der Waals surface area contributed by atoms with Crippen molar-refractivity contribution in [3.8, 4) is 0 Å². The largest absolute Gasteiger partial charge is 0.307 e. The van der Waals surface area contributed by atoms with Gasteiger partial charge in [-0.2, -0.15) is 0 Å². The Morgan fingerprint density at radius 2 is 1.53 bits per heavy atom. The number of hydrogen-bond donors (Lipinski definition) is 0. The van der Waals surface area contributed by atoms with E-state index < -0.39 is 8.07 Å². The van der Waals surface area contributed by atoms with E-state index in [1.54, 1.807) is 5.19 Å². The fraction of sp³-hybridized carbons (Fsp3) is 0.400. The molecule has 3 heterocycles. The summed E-state index contributed by atoms with van der Waals surface area (Å²) in [6, 6.07) is 21.1. The first kappa shape index (κ1) is 25.4. The lowest BCUT2D eigenvalue weighted by molar-refractivity contribution is -0.643. The molecule has 0 fully saturated rings. The SMILES string of the molecule is CC[Si](CC)(CC)c1cc2cc[n+](C)c3c4c(C)c(C)cc5c6ccc(CC(C)(C)C)cc6n(c(c1)c23)c54. The highest BCUT2D eigenvalue weighted by atomic mass is 28.3. The van der Waals surface area contributed by atoms with Gasteiger partial charge in [0, 0.05) is 16.8 Å². The van der Waals surface area contributed by atoms with E-state index in [9.17, 15) is 0 Å². The van der Waals surface area contributed by atoms with Crippen molar-refractivity contribution in [2.45, 2.75) is 79.9 Å². The molecule has 0 radical (unpaired) electrons. The minimum atomic E-state index is -1.57. The summed E-state index contributed by atoms with van der Waals surface area (Å²) < 4.78 is 5.01. The summed E-state index contributed by atoms with van der Waals surface area (Å²) >= 11 is 0. The molecule has 0 spiro atoms. The minimum absolute atomic E-state index is 0.252. The van der Waals surface area contributed by atoms with Gasteiger partial charge in [-0.3, -0.25) is 0 Å². The Morgan fingerprint density at radius 1 is 0.816 bits per heavy atom. The van der Waals surface area contributed by atoms with Crippen molar-refractivity contribution in [2.24, 2.45) is 12.5 Å². The Hall–Kier alpha value is -2.91. The van der Waals surface area contributed by atoms with E-state index >= 15 is 0 Å². The van der Waals surface area contributed by atoms with Crippen LogP contribution < -0.4 is 9.75 Å². The van der Waals surface area contributed by atoms with Crippen LogP contribution in [0.4, 0.5) is 0 Å². The third-order valence-corrected chi connectivity index (χ3v) is 15.3. The Bertz CT molecular complexity index is 1850. The third kappa shape index (κ3) is 3.47. The molecule has 0 aliphatic carbocycles. The zero-order chi connectivity index (χ0) is 27.1. The van der Waals surface area contributed by atoms with Gasteiger partial charge in [0.15, 0.2) is 6.20 Å². The second-order valence-corrected chi connectivity index (χ2v) is 18.3. The van der Waals surface area contributed by atoms with Crippen molar-refractivity contribution in [2.75, 3.05) is 0 Å². The van der Waals surface area contributed by atoms with E-state index in [0.29, 0.717) is 0 Å². The molecular weight excluding hydrogens is 476 g/mol. The van der Waals surface area contributed by atoms with Crippen LogP contribution in [0.15, 0.2) is 48.7 Å². The first-order valence-electron chi connectivity index (χ1n) is 14.6. The number of pyridine rings is 2. The van der Waals surface area contributed by atoms with E-state index in [1.807, 2.05) is 0 Å². The summed E-state index contributed by atoms with van der Waals surface area (Å²) in [7, 11) is 0.655. The van der Waals surface area contributed by atoms with Crippen LogP contribution in [0, 0.1) is 19.3 Å². The molecule has 38 heavy (non-hydrogen) atoms. The lowest BCUT2D eigenvalue weighted by Gasteiger charge is -2.29. The van der Waals surface area contributed by atoms with Gasteiger partial charge in [-0.1, -0.05) is 83.1 Å². The van der Waals surface area contributed by atoms with Crippen molar-refractivity contribution >= 4 is 62.3 Å². The molecular formula is C35H43N2Si+. The molecule has 0 amide bonds. The Labute approximate surface area is 228 Å². The molecule has 0 saturated carbocycles. The van der Waals surface area contributed by atoms with Crippen LogP contribution in [0.25, 0.3) is 49.0 Å². The van der Waals surface area contributed by atoms with Crippen molar-refractivity contribution in [3.63, 3.8) is 0 Å². The predicted octanol–water partition coefficient (Wildman–Crippen LogP) is 8.74. The van der Waals surface area contributed by atoms with Gasteiger partial charge in [0.25, 0.3) is 0 Å². The molecule has 0 aliphatic rings. The van der Waals surface area contributed by atoms with Gasteiger partial charge < -0.3 is 4.40 Å². The van der Waals surface area contributed by atoms with Crippen LogP contribution in [0.5, 0.6) is 0 Å². The number of benzene rings is 3. The molecule has 3 aromatic heterocycles. The third-order valence-electron chi connectivity index (χ3n) is 9.71. The number of aromatic nitrogens is 2. The zero-order valence-corrected chi connectivity index (χ0v) is 25.8. The Balaban J connectivity index is 1.92. The van der Waals surface area contributed by atoms with Crippen LogP contribution in [-0.2, 0) is 13.5 Å². The van der Waals surface area contributed by atoms with Crippen molar-refractivity contribution in [1.29, 1.82) is 0 Å². The van der Waals surface area contributed by atoms with Gasteiger partial charge in [0.1, 0.15) is 7.05 Å². The molecule has 0 atom stereocenters. The smallest absolute Gasteiger partial charge is 0.224 e. The van der Waals surface area contributed by atoms with Crippen LogP contribution in [0.3, 0.4) is 0 Å². The number of nitrogens with zero attached hydrogens (tertiary/aromatic N) is 2. The highest BCUT2D eigenvalue weighted by Crippen LogP contribution is 2.42. The molecule has 0 saturated heterocycles. The van der Waals surface area contributed by atoms with Crippen LogP contribution in [0.2, 0.25) is 18.1 Å². The molecule has 0 unspecified atom stereocenters. The molecule has 0 aliphatic heterocycles. The monoisotopic (exact) mass is 519 g/mol. The second-order valence-electron chi connectivity index (χ2n) is 13.1. The Morgan fingerprint density at radius 3 is 2.18 bits per heavy atom. The lowest BCUT2D eigenvalue weighted by atomic mass is 9.88. The fourth-order valence-electron chi connectivity index (χ4n) is 7.34. The van der Waals surface area contributed by atoms with Crippen molar-refractivity contribution < 1.29 is 4.57 Å². The molecule has 0 N–H and O–H groups in total. The van der Waals surface area contributed by atoms with Gasteiger partial charge in [-0.05, 0) is 66.0 Å². The molecule has 6 rings (SSSR count). The summed E-state index contributed by atoms with van der Waals surface area (Å²) in [6.45, 7) is 18.9. The molecule has 6 aromatic rings. The maximum absolute atomic E-state index is 2.65.